The summed E-state index contributed by atoms with van der Waals surface area (Å²) in [5, 5.41) is 10.3. The van der Waals surface area contributed by atoms with Crippen molar-refractivity contribution in [2.24, 2.45) is 0 Å². The van der Waals surface area contributed by atoms with Crippen molar-refractivity contribution in [3.63, 3.8) is 0 Å². The highest BCUT2D eigenvalue weighted by atomic mass is 19.4. The van der Waals surface area contributed by atoms with Crippen molar-refractivity contribution in [3.05, 3.63) is 48.0 Å². The molecule has 0 bridgehead atoms. The van der Waals surface area contributed by atoms with Gasteiger partial charge in [-0.2, -0.15) is 0 Å². The van der Waals surface area contributed by atoms with E-state index in [0.717, 1.165) is 6.42 Å². The Morgan fingerprint density at radius 3 is 2.52 bits per heavy atom. The molecule has 2 rings (SSSR count). The molecule has 1 atom stereocenters. The van der Waals surface area contributed by atoms with Crippen LogP contribution in [0.3, 0.4) is 0 Å². The first-order valence-electron chi connectivity index (χ1n) is 6.45. The number of rotatable bonds is 5. The third-order valence-electron chi connectivity index (χ3n) is 2.89. The number of imidazole rings is 1. The maximum Gasteiger partial charge on any atom is 0.573 e. The van der Waals surface area contributed by atoms with Crippen LogP contribution < -0.4 is 4.74 Å². The van der Waals surface area contributed by atoms with Gasteiger partial charge in [-0.1, -0.05) is 19.1 Å². The average Bonchev–Trinajstić information content (AvgIpc) is 2.86. The first-order chi connectivity index (χ1) is 9.90. The monoisotopic (exact) mass is 300 g/mol. The number of alkyl halides is 3. The summed E-state index contributed by atoms with van der Waals surface area (Å²) in [5.41, 5.74) is 0.452. The van der Waals surface area contributed by atoms with E-state index in [1.807, 2.05) is 11.5 Å². The number of hydrogen-bond acceptors (Lipinski definition) is 3. The lowest BCUT2D eigenvalue weighted by Crippen LogP contribution is -2.17. The fourth-order valence-electron chi connectivity index (χ4n) is 2.00. The Morgan fingerprint density at radius 1 is 1.29 bits per heavy atom. The van der Waals surface area contributed by atoms with Crippen molar-refractivity contribution >= 4 is 0 Å². The zero-order valence-corrected chi connectivity index (χ0v) is 11.3. The number of aliphatic hydroxyl groups is 1. The molecule has 4 nitrogen and oxygen atoms in total. The van der Waals surface area contributed by atoms with Crippen molar-refractivity contribution < 1.29 is 23.0 Å². The van der Waals surface area contributed by atoms with E-state index in [4.69, 9.17) is 0 Å². The highest BCUT2D eigenvalue weighted by Crippen LogP contribution is 2.26. The molecule has 1 aromatic heterocycles. The number of halogens is 3. The highest BCUT2D eigenvalue weighted by molar-refractivity contribution is 5.31. The molecule has 0 aliphatic heterocycles. The molecule has 0 aliphatic carbocycles. The lowest BCUT2D eigenvalue weighted by molar-refractivity contribution is -0.274. The summed E-state index contributed by atoms with van der Waals surface area (Å²) in [5.74, 6) is 0.136. The van der Waals surface area contributed by atoms with Gasteiger partial charge in [-0.05, 0) is 24.1 Å². The maximum atomic E-state index is 12.1. The molecule has 1 unspecified atom stereocenters. The molecule has 7 heteroatoms. The van der Waals surface area contributed by atoms with Crippen LogP contribution in [0.4, 0.5) is 13.2 Å². The topological polar surface area (TPSA) is 47.3 Å². The third kappa shape index (κ3) is 3.98. The van der Waals surface area contributed by atoms with E-state index >= 15 is 0 Å². The van der Waals surface area contributed by atoms with Gasteiger partial charge in [0.25, 0.3) is 0 Å². The average molecular weight is 300 g/mol. The second-order valence-corrected chi connectivity index (χ2v) is 4.50. The standard InChI is InChI=1S/C14H15F3N2O2/c1-2-8-19-9-7-18-13(19)12(20)10-3-5-11(6-4-10)21-14(15,16)17/h3-7,9,12,20H,2,8H2,1H3. The van der Waals surface area contributed by atoms with Crippen LogP contribution >= 0.6 is 0 Å². The number of aromatic nitrogens is 2. The van der Waals surface area contributed by atoms with Crippen molar-refractivity contribution in [2.45, 2.75) is 32.4 Å². The molecule has 1 heterocycles. The Morgan fingerprint density at radius 2 is 1.95 bits per heavy atom. The van der Waals surface area contributed by atoms with Gasteiger partial charge in [0.2, 0.25) is 0 Å². The molecule has 0 amide bonds. The fourth-order valence-corrected chi connectivity index (χ4v) is 2.00. The van der Waals surface area contributed by atoms with Gasteiger partial charge in [-0.3, -0.25) is 0 Å². The lowest BCUT2D eigenvalue weighted by atomic mass is 10.1. The number of nitrogens with zero attached hydrogens (tertiary/aromatic N) is 2. The third-order valence-corrected chi connectivity index (χ3v) is 2.89. The number of ether oxygens (including phenoxy) is 1. The summed E-state index contributed by atoms with van der Waals surface area (Å²) >= 11 is 0. The van der Waals surface area contributed by atoms with Gasteiger partial charge in [0.1, 0.15) is 17.7 Å². The summed E-state index contributed by atoms with van der Waals surface area (Å²) in [6, 6.07) is 5.10. The van der Waals surface area contributed by atoms with Crippen LogP contribution in [0.25, 0.3) is 0 Å². The summed E-state index contributed by atoms with van der Waals surface area (Å²) in [7, 11) is 0. The van der Waals surface area contributed by atoms with Crippen LogP contribution in [-0.4, -0.2) is 21.0 Å². The Hall–Kier alpha value is -2.02. The molecule has 1 N–H and O–H groups in total. The van der Waals surface area contributed by atoms with Gasteiger partial charge < -0.3 is 14.4 Å². The molecule has 114 valence electrons. The number of aryl methyl sites for hydroxylation is 1. The molecule has 2 aromatic rings. The van der Waals surface area contributed by atoms with E-state index in [2.05, 4.69) is 9.72 Å². The minimum Gasteiger partial charge on any atom is -0.406 e. The van der Waals surface area contributed by atoms with E-state index < -0.39 is 12.5 Å². The predicted octanol–water partition coefficient (Wildman–Crippen LogP) is 3.27. The van der Waals surface area contributed by atoms with E-state index in [9.17, 15) is 18.3 Å². The van der Waals surface area contributed by atoms with Crippen LogP contribution in [0.1, 0.15) is 30.8 Å². The summed E-state index contributed by atoms with van der Waals surface area (Å²) < 4.78 is 41.8. The smallest absolute Gasteiger partial charge is 0.406 e. The first-order valence-corrected chi connectivity index (χ1v) is 6.45. The van der Waals surface area contributed by atoms with E-state index in [1.54, 1.807) is 12.4 Å². The zero-order valence-electron chi connectivity index (χ0n) is 11.3. The van der Waals surface area contributed by atoms with E-state index in [-0.39, 0.29) is 5.75 Å². The quantitative estimate of drug-likeness (QED) is 0.922. The summed E-state index contributed by atoms with van der Waals surface area (Å²) in [4.78, 5) is 4.09. The molecule has 0 spiro atoms. The predicted molar refractivity (Wildman–Crippen MR) is 69.7 cm³/mol. The SMILES string of the molecule is CCCn1ccnc1C(O)c1ccc(OC(F)(F)F)cc1. The van der Waals surface area contributed by atoms with Gasteiger partial charge in [-0.25, -0.2) is 4.98 Å². The van der Waals surface area contributed by atoms with Crippen LogP contribution in [0.15, 0.2) is 36.7 Å². The molecular formula is C14H15F3N2O2. The molecule has 1 aromatic carbocycles. The molecular weight excluding hydrogens is 285 g/mol. The van der Waals surface area contributed by atoms with Crippen LogP contribution in [0.2, 0.25) is 0 Å². The van der Waals surface area contributed by atoms with Crippen molar-refractivity contribution in [3.8, 4) is 5.75 Å². The Kier molecular flexibility index (Phi) is 4.52. The second kappa shape index (κ2) is 6.17. The molecule has 0 aliphatic rings. The number of aliphatic hydroxyl groups excluding tert-OH is 1. The molecule has 0 fully saturated rings. The van der Waals surface area contributed by atoms with Gasteiger partial charge in [0.05, 0.1) is 0 Å². The molecule has 0 saturated carbocycles. The van der Waals surface area contributed by atoms with Crippen LogP contribution in [0, 0.1) is 0 Å². The molecule has 0 saturated heterocycles. The minimum absolute atomic E-state index is 0.324. The Labute approximate surface area is 119 Å². The Balaban J connectivity index is 2.16. The largest absolute Gasteiger partial charge is 0.573 e. The maximum absolute atomic E-state index is 12.1. The summed E-state index contributed by atoms with van der Waals surface area (Å²) in [6.07, 6.45) is -1.50. The van der Waals surface area contributed by atoms with Crippen molar-refractivity contribution in [2.75, 3.05) is 0 Å². The van der Waals surface area contributed by atoms with Gasteiger partial charge >= 0.3 is 6.36 Å². The highest BCUT2D eigenvalue weighted by Gasteiger charge is 2.31. The zero-order chi connectivity index (χ0) is 15.5. The fraction of sp³-hybridized carbons (Fsp3) is 0.357. The second-order valence-electron chi connectivity index (χ2n) is 4.50. The molecule has 21 heavy (non-hydrogen) atoms. The van der Waals surface area contributed by atoms with Gasteiger partial charge in [0, 0.05) is 18.9 Å². The van der Waals surface area contributed by atoms with Crippen LogP contribution in [0.5, 0.6) is 5.75 Å². The van der Waals surface area contributed by atoms with Gasteiger partial charge in [-0.15, -0.1) is 13.2 Å². The summed E-state index contributed by atoms with van der Waals surface area (Å²) in [6.45, 7) is 2.71. The minimum atomic E-state index is -4.72. The number of hydrogen-bond donors (Lipinski definition) is 1. The van der Waals surface area contributed by atoms with Crippen LogP contribution in [-0.2, 0) is 6.54 Å². The Bertz CT molecular complexity index is 579. The lowest BCUT2D eigenvalue weighted by Gasteiger charge is -2.14. The number of benzene rings is 1. The van der Waals surface area contributed by atoms with Crippen molar-refractivity contribution in [1.82, 2.24) is 9.55 Å². The molecule has 0 radical (unpaired) electrons. The van der Waals surface area contributed by atoms with E-state index in [1.165, 1.54) is 24.3 Å². The van der Waals surface area contributed by atoms with Gasteiger partial charge in [0.15, 0.2) is 0 Å². The van der Waals surface area contributed by atoms with E-state index in [0.29, 0.717) is 17.9 Å². The van der Waals surface area contributed by atoms with Crippen molar-refractivity contribution in [1.29, 1.82) is 0 Å². The first kappa shape index (κ1) is 15.4. The normalized spacial score (nSPS) is 13.2.